The Kier molecular flexibility index (Phi) is 8.97. The van der Waals surface area contributed by atoms with Gasteiger partial charge in [0.15, 0.2) is 0 Å². The second kappa shape index (κ2) is 10.2. The Morgan fingerprint density at radius 2 is 1.80 bits per heavy atom. The molecule has 0 aliphatic heterocycles. The molecule has 0 amide bonds. The van der Waals surface area contributed by atoms with Gasteiger partial charge in [0.25, 0.3) is 0 Å². The summed E-state index contributed by atoms with van der Waals surface area (Å²) in [6.07, 6.45) is 6.50. The summed E-state index contributed by atoms with van der Waals surface area (Å²) in [5.41, 5.74) is 1.31. The van der Waals surface area contributed by atoms with Gasteiger partial charge in [0.05, 0.1) is 0 Å². The standard InChI is InChI=1S/C18H30ClN/c1-4-5-6-7-10-16(14-20-13-15(2)3)17-11-8-9-12-18(17)19/h8-9,11-12,15-16,20H,4-7,10,13-14H2,1-3H3. The van der Waals surface area contributed by atoms with Gasteiger partial charge in [0.1, 0.15) is 0 Å². The Morgan fingerprint density at radius 3 is 2.45 bits per heavy atom. The van der Waals surface area contributed by atoms with Crippen molar-refractivity contribution in [3.05, 3.63) is 34.9 Å². The molecule has 0 aromatic heterocycles. The minimum atomic E-state index is 0.541. The molecule has 0 fully saturated rings. The molecule has 20 heavy (non-hydrogen) atoms. The average molecular weight is 296 g/mol. The fraction of sp³-hybridized carbons (Fsp3) is 0.667. The van der Waals surface area contributed by atoms with E-state index in [0.29, 0.717) is 11.8 Å². The normalized spacial score (nSPS) is 12.8. The van der Waals surface area contributed by atoms with Crippen molar-refractivity contribution in [3.63, 3.8) is 0 Å². The number of halogens is 1. The maximum Gasteiger partial charge on any atom is 0.0441 e. The molecule has 1 rings (SSSR count). The van der Waals surface area contributed by atoms with Crippen molar-refractivity contribution in [1.29, 1.82) is 0 Å². The van der Waals surface area contributed by atoms with Gasteiger partial charge in [-0.1, -0.05) is 76.3 Å². The monoisotopic (exact) mass is 295 g/mol. The lowest BCUT2D eigenvalue weighted by Crippen LogP contribution is -2.25. The quantitative estimate of drug-likeness (QED) is 0.551. The first-order valence-electron chi connectivity index (χ1n) is 8.10. The van der Waals surface area contributed by atoms with Crippen LogP contribution in [-0.2, 0) is 0 Å². The van der Waals surface area contributed by atoms with Crippen LogP contribution >= 0.6 is 11.6 Å². The number of unbranched alkanes of at least 4 members (excludes halogenated alkanes) is 3. The molecule has 1 unspecified atom stereocenters. The van der Waals surface area contributed by atoms with Crippen LogP contribution in [0, 0.1) is 5.92 Å². The molecule has 0 saturated heterocycles. The molecular formula is C18H30ClN. The number of rotatable bonds is 10. The van der Waals surface area contributed by atoms with Gasteiger partial charge >= 0.3 is 0 Å². The lowest BCUT2D eigenvalue weighted by atomic mass is 9.92. The summed E-state index contributed by atoms with van der Waals surface area (Å²) in [5.74, 6) is 1.24. The van der Waals surface area contributed by atoms with E-state index in [1.165, 1.54) is 37.7 Å². The highest BCUT2D eigenvalue weighted by Crippen LogP contribution is 2.28. The Morgan fingerprint density at radius 1 is 1.05 bits per heavy atom. The zero-order valence-corrected chi connectivity index (χ0v) is 14.0. The molecule has 0 aliphatic carbocycles. The van der Waals surface area contributed by atoms with Crippen molar-refractivity contribution in [2.75, 3.05) is 13.1 Å². The molecule has 1 aromatic carbocycles. The largest absolute Gasteiger partial charge is 0.316 e. The molecular weight excluding hydrogens is 266 g/mol. The first-order valence-corrected chi connectivity index (χ1v) is 8.48. The van der Waals surface area contributed by atoms with Crippen molar-refractivity contribution < 1.29 is 0 Å². The molecule has 0 heterocycles. The molecule has 0 radical (unpaired) electrons. The van der Waals surface area contributed by atoms with Gasteiger partial charge in [0, 0.05) is 11.6 Å². The fourth-order valence-corrected chi connectivity index (χ4v) is 2.83. The third kappa shape index (κ3) is 6.76. The minimum Gasteiger partial charge on any atom is -0.316 e. The number of hydrogen-bond acceptors (Lipinski definition) is 1. The van der Waals surface area contributed by atoms with E-state index in [-0.39, 0.29) is 0 Å². The summed E-state index contributed by atoms with van der Waals surface area (Å²) in [5, 5.41) is 4.51. The molecule has 1 N–H and O–H groups in total. The molecule has 0 saturated carbocycles. The van der Waals surface area contributed by atoms with Crippen LogP contribution in [0.15, 0.2) is 24.3 Å². The molecule has 0 aliphatic rings. The van der Waals surface area contributed by atoms with Crippen LogP contribution in [0.3, 0.4) is 0 Å². The van der Waals surface area contributed by atoms with E-state index in [1.54, 1.807) is 0 Å². The van der Waals surface area contributed by atoms with Gasteiger partial charge in [0.2, 0.25) is 0 Å². The van der Waals surface area contributed by atoms with Crippen molar-refractivity contribution in [1.82, 2.24) is 5.32 Å². The second-order valence-electron chi connectivity index (χ2n) is 6.12. The maximum atomic E-state index is 6.37. The van der Waals surface area contributed by atoms with Gasteiger partial charge in [-0.2, -0.15) is 0 Å². The van der Waals surface area contributed by atoms with E-state index in [4.69, 9.17) is 11.6 Å². The van der Waals surface area contributed by atoms with Gasteiger partial charge in [-0.25, -0.2) is 0 Å². The summed E-state index contributed by atoms with van der Waals surface area (Å²) in [7, 11) is 0. The van der Waals surface area contributed by atoms with Crippen LogP contribution in [-0.4, -0.2) is 13.1 Å². The molecule has 1 nitrogen and oxygen atoms in total. The van der Waals surface area contributed by atoms with Crippen LogP contribution in [0.2, 0.25) is 5.02 Å². The van der Waals surface area contributed by atoms with Crippen molar-refractivity contribution >= 4 is 11.6 Å². The summed E-state index contributed by atoms with van der Waals surface area (Å²) in [6.45, 7) is 8.87. The lowest BCUT2D eigenvalue weighted by Gasteiger charge is -2.20. The summed E-state index contributed by atoms with van der Waals surface area (Å²) in [4.78, 5) is 0. The van der Waals surface area contributed by atoms with E-state index in [2.05, 4.69) is 38.2 Å². The first kappa shape index (κ1) is 17.5. The van der Waals surface area contributed by atoms with Gasteiger partial charge < -0.3 is 5.32 Å². The highest BCUT2D eigenvalue weighted by molar-refractivity contribution is 6.31. The van der Waals surface area contributed by atoms with E-state index in [1.807, 2.05) is 12.1 Å². The van der Waals surface area contributed by atoms with E-state index >= 15 is 0 Å². The topological polar surface area (TPSA) is 12.0 Å². The SMILES string of the molecule is CCCCCCC(CNCC(C)C)c1ccccc1Cl. The Labute approximate surface area is 130 Å². The lowest BCUT2D eigenvalue weighted by molar-refractivity contribution is 0.483. The number of nitrogens with one attached hydrogen (secondary N) is 1. The average Bonchev–Trinajstić information content (AvgIpc) is 2.42. The van der Waals surface area contributed by atoms with Crippen LogP contribution in [0.5, 0.6) is 0 Å². The van der Waals surface area contributed by atoms with Gasteiger partial charge in [-0.3, -0.25) is 0 Å². The van der Waals surface area contributed by atoms with E-state index in [9.17, 15) is 0 Å². The number of benzene rings is 1. The fourth-order valence-electron chi connectivity index (χ4n) is 2.54. The highest BCUT2D eigenvalue weighted by Gasteiger charge is 2.14. The Balaban J connectivity index is 2.56. The highest BCUT2D eigenvalue weighted by atomic mass is 35.5. The molecule has 2 heteroatoms. The zero-order valence-electron chi connectivity index (χ0n) is 13.3. The second-order valence-corrected chi connectivity index (χ2v) is 6.53. The minimum absolute atomic E-state index is 0.541. The predicted octanol–water partition coefficient (Wildman–Crippen LogP) is 5.64. The summed E-state index contributed by atoms with van der Waals surface area (Å²) >= 11 is 6.37. The van der Waals surface area contributed by atoms with Crippen LogP contribution in [0.1, 0.15) is 64.4 Å². The zero-order chi connectivity index (χ0) is 14.8. The van der Waals surface area contributed by atoms with Crippen molar-refractivity contribution in [2.24, 2.45) is 5.92 Å². The van der Waals surface area contributed by atoms with Gasteiger partial charge in [-0.05, 0) is 36.4 Å². The molecule has 114 valence electrons. The van der Waals surface area contributed by atoms with Crippen LogP contribution in [0.4, 0.5) is 0 Å². The maximum absolute atomic E-state index is 6.37. The Hall–Kier alpha value is -0.530. The molecule has 1 atom stereocenters. The summed E-state index contributed by atoms with van der Waals surface area (Å²) in [6, 6.07) is 8.31. The molecule has 0 bridgehead atoms. The summed E-state index contributed by atoms with van der Waals surface area (Å²) < 4.78 is 0. The number of hydrogen-bond donors (Lipinski definition) is 1. The first-order chi connectivity index (χ1) is 9.65. The molecule has 0 spiro atoms. The van der Waals surface area contributed by atoms with Crippen LogP contribution in [0.25, 0.3) is 0 Å². The van der Waals surface area contributed by atoms with E-state index < -0.39 is 0 Å². The van der Waals surface area contributed by atoms with Gasteiger partial charge in [-0.15, -0.1) is 0 Å². The Bertz CT molecular complexity index is 362. The smallest absolute Gasteiger partial charge is 0.0441 e. The van der Waals surface area contributed by atoms with Crippen LogP contribution < -0.4 is 5.32 Å². The van der Waals surface area contributed by atoms with Crippen molar-refractivity contribution in [2.45, 2.75) is 58.8 Å². The third-order valence-electron chi connectivity index (χ3n) is 3.69. The van der Waals surface area contributed by atoms with E-state index in [0.717, 1.165) is 18.1 Å². The third-order valence-corrected chi connectivity index (χ3v) is 4.04. The molecule has 1 aromatic rings. The van der Waals surface area contributed by atoms with Crippen molar-refractivity contribution in [3.8, 4) is 0 Å². The predicted molar refractivity (Wildman–Crippen MR) is 90.7 cm³/mol.